The first kappa shape index (κ1) is 59.4. The van der Waals surface area contributed by atoms with Crippen molar-refractivity contribution in [2.45, 2.75) is 322 Å². The minimum atomic E-state index is -0.759. The molecule has 0 saturated heterocycles. The van der Waals surface area contributed by atoms with Crippen LogP contribution >= 0.6 is 0 Å². The van der Waals surface area contributed by atoms with E-state index in [0.717, 1.165) is 57.8 Å². The summed E-state index contributed by atoms with van der Waals surface area (Å²) in [6, 6.07) is 0. The van der Waals surface area contributed by atoms with Crippen molar-refractivity contribution in [1.82, 2.24) is 0 Å². The fourth-order valence-electron chi connectivity index (χ4n) is 8.45. The van der Waals surface area contributed by atoms with Crippen molar-refractivity contribution in [3.63, 3.8) is 0 Å². The molecular weight excluding hydrogens is 757 g/mol. The second kappa shape index (κ2) is 51.0. The van der Waals surface area contributed by atoms with E-state index in [0.29, 0.717) is 19.3 Å². The highest BCUT2D eigenvalue weighted by atomic mass is 16.6. The fraction of sp³-hybridized carbons (Fsp3) is 0.945. The number of carbonyl (C=O) groups is 3. The Labute approximate surface area is 380 Å². The van der Waals surface area contributed by atoms with Crippen molar-refractivity contribution in [2.24, 2.45) is 0 Å². The summed E-state index contributed by atoms with van der Waals surface area (Å²) in [5, 5.41) is 0. The lowest BCUT2D eigenvalue weighted by Crippen LogP contribution is -2.30. The maximum Gasteiger partial charge on any atom is 0.306 e. The molecule has 6 heteroatoms. The van der Waals surface area contributed by atoms with Gasteiger partial charge in [-0.15, -0.1) is 0 Å². The summed E-state index contributed by atoms with van der Waals surface area (Å²) in [6.07, 6.45) is 55.2. The molecule has 0 saturated carbocycles. The van der Waals surface area contributed by atoms with Crippen LogP contribution in [-0.4, -0.2) is 37.2 Å². The van der Waals surface area contributed by atoms with Gasteiger partial charge in [-0.05, 0) is 19.3 Å². The number of hydrogen-bond donors (Lipinski definition) is 0. The van der Waals surface area contributed by atoms with Gasteiger partial charge >= 0.3 is 17.9 Å². The first-order valence-corrected chi connectivity index (χ1v) is 27.5. The maximum atomic E-state index is 12.8. The van der Waals surface area contributed by atoms with Crippen molar-refractivity contribution in [2.75, 3.05) is 13.2 Å². The van der Waals surface area contributed by atoms with E-state index in [4.69, 9.17) is 14.2 Å². The zero-order valence-corrected chi connectivity index (χ0v) is 41.5. The molecule has 0 aromatic heterocycles. The van der Waals surface area contributed by atoms with E-state index < -0.39 is 6.10 Å². The third-order valence-electron chi connectivity index (χ3n) is 12.6. The standard InChI is InChI=1S/C55H106O6/c1-4-7-10-13-16-19-22-24-26-27-28-29-31-34-36-39-42-45-48-54(57)60-51-52(61-55(58)49-46-43-40-37-32-21-18-15-12-9-6-3)50-59-53(56)47-44-41-38-35-33-30-25-23-20-17-14-11-8-5-2/h52H,4-51H2,1-3H3/t52-/m1/s1. The molecule has 6 nitrogen and oxygen atoms in total. The van der Waals surface area contributed by atoms with E-state index in [9.17, 15) is 14.4 Å². The fourth-order valence-corrected chi connectivity index (χ4v) is 8.45. The van der Waals surface area contributed by atoms with Crippen LogP contribution in [0.5, 0.6) is 0 Å². The molecule has 0 aromatic rings. The molecule has 362 valence electrons. The molecule has 0 unspecified atom stereocenters. The van der Waals surface area contributed by atoms with Gasteiger partial charge in [0.25, 0.3) is 0 Å². The largest absolute Gasteiger partial charge is 0.462 e. The number of hydrogen-bond acceptors (Lipinski definition) is 6. The highest BCUT2D eigenvalue weighted by molar-refractivity contribution is 5.71. The Kier molecular flexibility index (Phi) is 49.7. The van der Waals surface area contributed by atoms with Gasteiger partial charge < -0.3 is 14.2 Å². The first-order valence-electron chi connectivity index (χ1n) is 27.5. The topological polar surface area (TPSA) is 78.9 Å². The molecule has 0 rings (SSSR count). The van der Waals surface area contributed by atoms with Gasteiger partial charge in [0.2, 0.25) is 0 Å². The molecule has 61 heavy (non-hydrogen) atoms. The first-order chi connectivity index (χ1) is 30.0. The Morgan fingerprint density at radius 1 is 0.262 bits per heavy atom. The van der Waals surface area contributed by atoms with Crippen LogP contribution in [0.4, 0.5) is 0 Å². The monoisotopic (exact) mass is 863 g/mol. The molecule has 0 bridgehead atoms. The minimum absolute atomic E-state index is 0.0615. The third-order valence-corrected chi connectivity index (χ3v) is 12.6. The van der Waals surface area contributed by atoms with E-state index in [1.165, 1.54) is 218 Å². The second-order valence-electron chi connectivity index (χ2n) is 18.9. The van der Waals surface area contributed by atoms with Crippen LogP contribution in [0.25, 0.3) is 0 Å². The van der Waals surface area contributed by atoms with Crippen molar-refractivity contribution in [1.29, 1.82) is 0 Å². The van der Waals surface area contributed by atoms with Crippen LogP contribution < -0.4 is 0 Å². The number of unbranched alkanes of at least 4 members (excludes halogenated alkanes) is 40. The van der Waals surface area contributed by atoms with Crippen LogP contribution in [0.1, 0.15) is 316 Å². The Bertz CT molecular complexity index is 905. The maximum absolute atomic E-state index is 12.8. The number of ether oxygens (including phenoxy) is 3. The average Bonchev–Trinajstić information content (AvgIpc) is 3.26. The lowest BCUT2D eigenvalue weighted by atomic mass is 10.0. The predicted molar refractivity (Wildman–Crippen MR) is 261 cm³/mol. The van der Waals surface area contributed by atoms with Crippen molar-refractivity contribution in [3.8, 4) is 0 Å². The van der Waals surface area contributed by atoms with Crippen LogP contribution in [0.15, 0.2) is 0 Å². The molecular formula is C55H106O6. The molecule has 0 heterocycles. The van der Waals surface area contributed by atoms with Gasteiger partial charge in [0.1, 0.15) is 13.2 Å². The highest BCUT2D eigenvalue weighted by Crippen LogP contribution is 2.17. The summed E-state index contributed by atoms with van der Waals surface area (Å²) in [6.45, 7) is 6.69. The van der Waals surface area contributed by atoms with Crippen LogP contribution in [0, 0.1) is 0 Å². The predicted octanol–water partition coefficient (Wildman–Crippen LogP) is 18.0. The van der Waals surface area contributed by atoms with Crippen LogP contribution in [0.2, 0.25) is 0 Å². The Hall–Kier alpha value is -1.59. The zero-order valence-electron chi connectivity index (χ0n) is 41.5. The van der Waals surface area contributed by atoms with Crippen LogP contribution in [-0.2, 0) is 28.6 Å². The molecule has 0 aliphatic rings. The summed E-state index contributed by atoms with van der Waals surface area (Å²) in [4.78, 5) is 38.0. The van der Waals surface area contributed by atoms with Gasteiger partial charge in [0.15, 0.2) is 6.10 Å². The highest BCUT2D eigenvalue weighted by Gasteiger charge is 2.19. The summed E-state index contributed by atoms with van der Waals surface area (Å²) >= 11 is 0. The Balaban J connectivity index is 4.24. The molecule has 0 spiro atoms. The van der Waals surface area contributed by atoms with E-state index in [1.807, 2.05) is 0 Å². The van der Waals surface area contributed by atoms with E-state index in [1.54, 1.807) is 0 Å². The summed E-state index contributed by atoms with van der Waals surface area (Å²) in [5.74, 6) is -0.837. The average molecular weight is 863 g/mol. The molecule has 0 aliphatic carbocycles. The second-order valence-corrected chi connectivity index (χ2v) is 18.9. The molecule has 0 amide bonds. The molecule has 0 radical (unpaired) electrons. The smallest absolute Gasteiger partial charge is 0.306 e. The number of carbonyl (C=O) groups excluding carboxylic acids is 3. The third kappa shape index (κ3) is 49.3. The van der Waals surface area contributed by atoms with Gasteiger partial charge in [0, 0.05) is 19.3 Å². The molecule has 0 fully saturated rings. The lowest BCUT2D eigenvalue weighted by molar-refractivity contribution is -0.167. The van der Waals surface area contributed by atoms with Crippen molar-refractivity contribution in [3.05, 3.63) is 0 Å². The summed E-state index contributed by atoms with van der Waals surface area (Å²) < 4.78 is 16.8. The molecule has 0 N–H and O–H groups in total. The Morgan fingerprint density at radius 2 is 0.443 bits per heavy atom. The zero-order chi connectivity index (χ0) is 44.4. The van der Waals surface area contributed by atoms with Crippen LogP contribution in [0.3, 0.4) is 0 Å². The van der Waals surface area contributed by atoms with Gasteiger partial charge in [-0.1, -0.05) is 278 Å². The summed E-state index contributed by atoms with van der Waals surface area (Å²) in [7, 11) is 0. The lowest BCUT2D eigenvalue weighted by Gasteiger charge is -2.18. The van der Waals surface area contributed by atoms with Crippen molar-refractivity contribution >= 4 is 17.9 Å². The number of esters is 3. The number of rotatable bonds is 51. The van der Waals surface area contributed by atoms with E-state index in [-0.39, 0.29) is 31.1 Å². The SMILES string of the molecule is CCCCCCCCCCCCCCCCCCCCC(=O)OC[C@@H](COC(=O)CCCCCCCCCCCCCCCC)OC(=O)CCCCCCCCCCCCC. The molecule has 0 aromatic carbocycles. The molecule has 0 aliphatic heterocycles. The van der Waals surface area contributed by atoms with Gasteiger partial charge in [0.05, 0.1) is 0 Å². The van der Waals surface area contributed by atoms with Gasteiger partial charge in [-0.2, -0.15) is 0 Å². The normalized spacial score (nSPS) is 11.9. The van der Waals surface area contributed by atoms with E-state index in [2.05, 4.69) is 20.8 Å². The quantitative estimate of drug-likeness (QED) is 0.0344. The van der Waals surface area contributed by atoms with Gasteiger partial charge in [-0.25, -0.2) is 0 Å². The minimum Gasteiger partial charge on any atom is -0.462 e. The molecule has 1 atom stereocenters. The van der Waals surface area contributed by atoms with E-state index >= 15 is 0 Å². The van der Waals surface area contributed by atoms with Gasteiger partial charge in [-0.3, -0.25) is 14.4 Å². The Morgan fingerprint density at radius 3 is 0.656 bits per heavy atom. The van der Waals surface area contributed by atoms with Crippen molar-refractivity contribution < 1.29 is 28.6 Å². The summed E-state index contributed by atoms with van der Waals surface area (Å²) in [5.41, 5.74) is 0.